The Kier molecular flexibility index (Phi) is 5.51. The molecular weight excluding hydrogens is 266 g/mol. The molecule has 0 aliphatic rings. The average Bonchev–Trinajstić information content (AvgIpc) is 3.02. The second-order valence-electron chi connectivity index (χ2n) is 4.98. The Hall–Kier alpha value is -2.14. The van der Waals surface area contributed by atoms with Crippen molar-refractivity contribution in [2.24, 2.45) is 5.73 Å². The van der Waals surface area contributed by atoms with Gasteiger partial charge >= 0.3 is 5.97 Å². The largest absolute Gasteiger partial charge is 0.469 e. The molecule has 2 rings (SSSR count). The summed E-state index contributed by atoms with van der Waals surface area (Å²) in [7, 11) is 1.41. The van der Waals surface area contributed by atoms with Gasteiger partial charge in [0, 0.05) is 24.2 Å². The van der Waals surface area contributed by atoms with Gasteiger partial charge in [-0.3, -0.25) is 4.79 Å². The van der Waals surface area contributed by atoms with Gasteiger partial charge < -0.3 is 10.5 Å². The Morgan fingerprint density at radius 3 is 2.81 bits per heavy atom. The molecule has 0 bridgehead atoms. The summed E-state index contributed by atoms with van der Waals surface area (Å²) in [5.74, 6) is -0.166. The molecule has 0 saturated carbocycles. The molecule has 1 heterocycles. The normalized spacial score (nSPS) is 12.1. The van der Waals surface area contributed by atoms with Gasteiger partial charge in [0.15, 0.2) is 0 Å². The zero-order valence-electron chi connectivity index (χ0n) is 12.2. The number of carbonyl (C=O) groups is 1. The zero-order valence-corrected chi connectivity index (χ0v) is 12.2. The molecule has 0 aliphatic heterocycles. The van der Waals surface area contributed by atoms with Crippen LogP contribution in [0.2, 0.25) is 0 Å². The molecular formula is C16H21N3O2. The van der Waals surface area contributed by atoms with Crippen LogP contribution in [0.25, 0.3) is 5.69 Å². The molecule has 0 amide bonds. The number of nitrogens with two attached hydrogens (primary N) is 1. The fourth-order valence-electron chi connectivity index (χ4n) is 2.15. The predicted octanol–water partition coefficient (Wildman–Crippen LogP) is 2.61. The average molecular weight is 287 g/mol. The predicted molar refractivity (Wildman–Crippen MR) is 81.0 cm³/mol. The molecule has 2 aromatic rings. The van der Waals surface area contributed by atoms with Crippen molar-refractivity contribution in [3.05, 3.63) is 48.3 Å². The van der Waals surface area contributed by atoms with E-state index in [0.29, 0.717) is 6.42 Å². The first-order chi connectivity index (χ1) is 10.2. The Balaban J connectivity index is 1.85. The van der Waals surface area contributed by atoms with Gasteiger partial charge in [-0.05, 0) is 25.0 Å². The van der Waals surface area contributed by atoms with Crippen molar-refractivity contribution in [2.75, 3.05) is 7.11 Å². The molecule has 1 unspecified atom stereocenters. The standard InChI is InChI=1S/C16H21N3O2/c1-21-16(20)10-6-5-9-15(17)13-11-18-19(12-13)14-7-3-2-4-8-14/h2-4,7-8,11-12,15H,5-6,9-10,17H2,1H3. The van der Waals surface area contributed by atoms with Crippen molar-refractivity contribution in [1.82, 2.24) is 9.78 Å². The van der Waals surface area contributed by atoms with E-state index in [4.69, 9.17) is 5.73 Å². The molecule has 1 atom stereocenters. The molecule has 1 aromatic carbocycles. The van der Waals surface area contributed by atoms with Crippen LogP contribution in [0.4, 0.5) is 0 Å². The highest BCUT2D eigenvalue weighted by Crippen LogP contribution is 2.18. The lowest BCUT2D eigenvalue weighted by Gasteiger charge is -2.08. The first kappa shape index (κ1) is 15.3. The van der Waals surface area contributed by atoms with E-state index < -0.39 is 0 Å². The lowest BCUT2D eigenvalue weighted by Crippen LogP contribution is -2.09. The lowest BCUT2D eigenvalue weighted by atomic mass is 10.0. The summed E-state index contributed by atoms with van der Waals surface area (Å²) in [5.41, 5.74) is 8.19. The summed E-state index contributed by atoms with van der Waals surface area (Å²) in [6.07, 6.45) is 6.74. The number of unbranched alkanes of at least 4 members (excludes halogenated alkanes) is 1. The van der Waals surface area contributed by atoms with Gasteiger partial charge in [0.2, 0.25) is 0 Å². The Bertz CT molecular complexity index is 566. The zero-order chi connectivity index (χ0) is 15.1. The van der Waals surface area contributed by atoms with Crippen molar-refractivity contribution in [2.45, 2.75) is 31.7 Å². The van der Waals surface area contributed by atoms with Gasteiger partial charge in [-0.15, -0.1) is 0 Å². The van der Waals surface area contributed by atoms with Crippen LogP contribution in [0.3, 0.4) is 0 Å². The number of para-hydroxylation sites is 1. The summed E-state index contributed by atoms with van der Waals surface area (Å²) in [6.45, 7) is 0. The van der Waals surface area contributed by atoms with Crippen LogP contribution in [0.15, 0.2) is 42.7 Å². The smallest absolute Gasteiger partial charge is 0.305 e. The number of carbonyl (C=O) groups excluding carboxylic acids is 1. The van der Waals surface area contributed by atoms with Crippen LogP contribution in [-0.2, 0) is 9.53 Å². The summed E-state index contributed by atoms with van der Waals surface area (Å²) >= 11 is 0. The molecule has 5 nitrogen and oxygen atoms in total. The highest BCUT2D eigenvalue weighted by Gasteiger charge is 2.10. The van der Waals surface area contributed by atoms with E-state index in [1.165, 1.54) is 7.11 Å². The number of hydrogen-bond donors (Lipinski definition) is 1. The minimum absolute atomic E-state index is 0.0555. The third-order valence-electron chi connectivity index (χ3n) is 3.43. The van der Waals surface area contributed by atoms with Gasteiger partial charge in [-0.25, -0.2) is 4.68 Å². The van der Waals surface area contributed by atoms with Crippen LogP contribution in [0, 0.1) is 0 Å². The van der Waals surface area contributed by atoms with E-state index in [-0.39, 0.29) is 12.0 Å². The van der Waals surface area contributed by atoms with Crippen LogP contribution in [0.1, 0.15) is 37.3 Å². The van der Waals surface area contributed by atoms with Crippen molar-refractivity contribution in [3.8, 4) is 5.69 Å². The SMILES string of the molecule is COC(=O)CCCCC(N)c1cnn(-c2ccccc2)c1. The highest BCUT2D eigenvalue weighted by molar-refractivity contribution is 5.68. The number of methoxy groups -OCH3 is 1. The van der Waals surface area contributed by atoms with E-state index in [9.17, 15) is 4.79 Å². The number of rotatable bonds is 7. The molecule has 0 aliphatic carbocycles. The topological polar surface area (TPSA) is 70.1 Å². The number of ether oxygens (including phenoxy) is 1. The molecule has 0 radical (unpaired) electrons. The van der Waals surface area contributed by atoms with Gasteiger partial charge in [-0.1, -0.05) is 24.6 Å². The number of aromatic nitrogens is 2. The number of nitrogens with zero attached hydrogens (tertiary/aromatic N) is 2. The van der Waals surface area contributed by atoms with E-state index in [1.807, 2.05) is 41.2 Å². The number of esters is 1. The minimum Gasteiger partial charge on any atom is -0.469 e. The molecule has 0 saturated heterocycles. The van der Waals surface area contributed by atoms with E-state index in [0.717, 1.165) is 30.5 Å². The van der Waals surface area contributed by atoms with Gasteiger partial charge in [-0.2, -0.15) is 5.10 Å². The Morgan fingerprint density at radius 1 is 1.33 bits per heavy atom. The molecule has 2 N–H and O–H groups in total. The van der Waals surface area contributed by atoms with Gasteiger partial charge in [0.25, 0.3) is 0 Å². The quantitative estimate of drug-likeness (QED) is 0.627. The second-order valence-corrected chi connectivity index (χ2v) is 4.98. The van der Waals surface area contributed by atoms with E-state index >= 15 is 0 Å². The maximum Gasteiger partial charge on any atom is 0.305 e. The van der Waals surface area contributed by atoms with Crippen LogP contribution in [-0.4, -0.2) is 22.9 Å². The van der Waals surface area contributed by atoms with E-state index in [2.05, 4.69) is 9.84 Å². The highest BCUT2D eigenvalue weighted by atomic mass is 16.5. The maximum absolute atomic E-state index is 11.0. The van der Waals surface area contributed by atoms with Crippen LogP contribution < -0.4 is 5.73 Å². The fourth-order valence-corrected chi connectivity index (χ4v) is 2.15. The summed E-state index contributed by atoms with van der Waals surface area (Å²) in [6, 6.07) is 9.87. The molecule has 1 aromatic heterocycles. The fraction of sp³-hybridized carbons (Fsp3) is 0.375. The molecule has 21 heavy (non-hydrogen) atoms. The molecule has 0 spiro atoms. The third kappa shape index (κ3) is 4.43. The van der Waals surface area contributed by atoms with E-state index in [1.54, 1.807) is 6.20 Å². The minimum atomic E-state index is -0.166. The van der Waals surface area contributed by atoms with Gasteiger partial charge in [0.1, 0.15) is 0 Å². The molecule has 0 fully saturated rings. The Morgan fingerprint density at radius 2 is 2.10 bits per heavy atom. The number of hydrogen-bond acceptors (Lipinski definition) is 4. The van der Waals surface area contributed by atoms with Crippen molar-refractivity contribution in [3.63, 3.8) is 0 Å². The van der Waals surface area contributed by atoms with Crippen LogP contribution >= 0.6 is 0 Å². The monoisotopic (exact) mass is 287 g/mol. The van der Waals surface area contributed by atoms with Gasteiger partial charge in [0.05, 0.1) is 19.0 Å². The summed E-state index contributed by atoms with van der Waals surface area (Å²) < 4.78 is 6.43. The second kappa shape index (κ2) is 7.59. The summed E-state index contributed by atoms with van der Waals surface area (Å²) in [5, 5.41) is 4.34. The first-order valence-electron chi connectivity index (χ1n) is 7.13. The number of benzene rings is 1. The molecule has 5 heteroatoms. The summed E-state index contributed by atoms with van der Waals surface area (Å²) in [4.78, 5) is 11.0. The maximum atomic E-state index is 11.0. The van der Waals surface area contributed by atoms with Crippen molar-refractivity contribution in [1.29, 1.82) is 0 Å². The van der Waals surface area contributed by atoms with Crippen molar-refractivity contribution < 1.29 is 9.53 Å². The van der Waals surface area contributed by atoms with Crippen LogP contribution in [0.5, 0.6) is 0 Å². The lowest BCUT2D eigenvalue weighted by molar-refractivity contribution is -0.140. The van der Waals surface area contributed by atoms with Crippen molar-refractivity contribution >= 4 is 5.97 Å². The third-order valence-corrected chi connectivity index (χ3v) is 3.43. The first-order valence-corrected chi connectivity index (χ1v) is 7.13. The Labute approximate surface area is 124 Å². The molecule has 112 valence electrons.